The van der Waals surface area contributed by atoms with Gasteiger partial charge in [0.1, 0.15) is 16.0 Å². The van der Waals surface area contributed by atoms with Gasteiger partial charge in [0.25, 0.3) is 0 Å². The van der Waals surface area contributed by atoms with Crippen molar-refractivity contribution < 1.29 is 14.3 Å². The zero-order valence-corrected chi connectivity index (χ0v) is 16.4. The smallest absolute Gasteiger partial charge is 0.319 e. The molecule has 0 amide bonds. The molecule has 7 nitrogen and oxygen atoms in total. The Labute approximate surface area is 162 Å². The molecule has 0 aliphatic carbocycles. The van der Waals surface area contributed by atoms with Gasteiger partial charge >= 0.3 is 5.97 Å². The molecule has 0 aliphatic rings. The summed E-state index contributed by atoms with van der Waals surface area (Å²) in [5.41, 5.74) is 1.53. The molecule has 0 radical (unpaired) electrons. The van der Waals surface area contributed by atoms with Crippen molar-refractivity contribution in [2.45, 2.75) is 37.5 Å². The van der Waals surface area contributed by atoms with Crippen LogP contribution < -0.4 is 4.74 Å². The number of hydrogen-bond acceptors (Lipinski definition) is 7. The molecular formula is C19H22N4O3S. The van der Waals surface area contributed by atoms with Crippen LogP contribution in [-0.4, -0.2) is 44.2 Å². The number of thioether (sulfide) groups is 1. The zero-order valence-electron chi connectivity index (χ0n) is 15.6. The first kappa shape index (κ1) is 19.2. The second-order valence-corrected chi connectivity index (χ2v) is 6.91. The van der Waals surface area contributed by atoms with Crippen molar-refractivity contribution in [3.05, 3.63) is 36.4 Å². The van der Waals surface area contributed by atoms with Gasteiger partial charge in [-0.3, -0.25) is 4.79 Å². The molecule has 0 N–H and O–H groups in total. The predicted octanol–water partition coefficient (Wildman–Crippen LogP) is 3.62. The van der Waals surface area contributed by atoms with E-state index in [-0.39, 0.29) is 11.2 Å². The Kier molecular flexibility index (Phi) is 6.28. The van der Waals surface area contributed by atoms with Crippen LogP contribution in [0.25, 0.3) is 17.0 Å². The molecule has 0 bridgehead atoms. The van der Waals surface area contributed by atoms with E-state index >= 15 is 0 Å². The van der Waals surface area contributed by atoms with Crippen LogP contribution in [0.5, 0.6) is 5.75 Å². The van der Waals surface area contributed by atoms with Crippen molar-refractivity contribution in [3.63, 3.8) is 0 Å². The maximum Gasteiger partial charge on any atom is 0.319 e. The summed E-state index contributed by atoms with van der Waals surface area (Å²) in [6.45, 7) is 6.70. The number of carbonyl (C=O) groups is 1. The van der Waals surface area contributed by atoms with Crippen molar-refractivity contribution >= 4 is 23.4 Å². The van der Waals surface area contributed by atoms with Gasteiger partial charge < -0.3 is 9.47 Å². The average molecular weight is 386 g/mol. The summed E-state index contributed by atoms with van der Waals surface area (Å²) < 4.78 is 12.3. The third-order valence-electron chi connectivity index (χ3n) is 3.85. The summed E-state index contributed by atoms with van der Waals surface area (Å²) in [5.74, 6) is 1.22. The summed E-state index contributed by atoms with van der Waals surface area (Å²) in [6, 6.07) is 11.3. The first-order valence-corrected chi connectivity index (χ1v) is 9.83. The molecule has 142 valence electrons. The lowest BCUT2D eigenvalue weighted by Gasteiger charge is -2.12. The molecule has 8 heteroatoms. The van der Waals surface area contributed by atoms with E-state index in [1.165, 1.54) is 11.8 Å². The molecule has 0 aliphatic heterocycles. The molecule has 27 heavy (non-hydrogen) atoms. The van der Waals surface area contributed by atoms with E-state index in [1.54, 1.807) is 11.4 Å². The minimum absolute atomic E-state index is 0.220. The molecule has 2 aromatic heterocycles. The molecule has 1 aromatic carbocycles. The number of carbonyl (C=O) groups excluding carboxylic acids is 1. The molecule has 0 saturated carbocycles. The van der Waals surface area contributed by atoms with Crippen LogP contribution in [0.2, 0.25) is 0 Å². The van der Waals surface area contributed by atoms with Gasteiger partial charge in [0.15, 0.2) is 11.5 Å². The lowest BCUT2D eigenvalue weighted by molar-refractivity contribution is -0.142. The molecule has 2 heterocycles. The largest absolute Gasteiger partial charge is 0.494 e. The predicted molar refractivity (Wildman–Crippen MR) is 104 cm³/mol. The Balaban J connectivity index is 1.88. The Morgan fingerprint density at radius 1 is 1.07 bits per heavy atom. The average Bonchev–Trinajstić information content (AvgIpc) is 3.10. The van der Waals surface area contributed by atoms with Crippen molar-refractivity contribution in [1.82, 2.24) is 19.8 Å². The van der Waals surface area contributed by atoms with Gasteiger partial charge in [-0.25, -0.2) is 0 Å². The number of esters is 1. The highest BCUT2D eigenvalue weighted by Crippen LogP contribution is 2.26. The van der Waals surface area contributed by atoms with Crippen LogP contribution in [0.1, 0.15) is 27.2 Å². The molecule has 0 spiro atoms. The maximum absolute atomic E-state index is 12.1. The van der Waals surface area contributed by atoms with E-state index < -0.39 is 0 Å². The highest BCUT2D eigenvalue weighted by Gasteiger charge is 2.20. The number of ether oxygens (including phenoxy) is 2. The van der Waals surface area contributed by atoms with Crippen molar-refractivity contribution in [2.75, 3.05) is 13.2 Å². The van der Waals surface area contributed by atoms with Gasteiger partial charge in [-0.1, -0.05) is 18.7 Å². The van der Waals surface area contributed by atoms with Gasteiger partial charge in [-0.15, -0.1) is 10.2 Å². The van der Waals surface area contributed by atoms with Crippen LogP contribution in [0.4, 0.5) is 0 Å². The van der Waals surface area contributed by atoms with Gasteiger partial charge in [-0.2, -0.15) is 9.61 Å². The molecule has 0 unspecified atom stereocenters. The van der Waals surface area contributed by atoms with Crippen LogP contribution in [0, 0.1) is 0 Å². The maximum atomic E-state index is 12.1. The molecule has 0 fully saturated rings. The molecule has 1 atom stereocenters. The second kappa shape index (κ2) is 8.85. The van der Waals surface area contributed by atoms with Crippen LogP contribution in [0.15, 0.2) is 41.4 Å². The summed E-state index contributed by atoms with van der Waals surface area (Å²) in [5, 5.41) is 13.5. The standard InChI is InChI=1S/C19H22N4O3S/c1-4-15(19(24)26-6-3)27-17-12-11-16-20-21-18(23(16)22-17)13-7-9-14(10-8-13)25-5-2/h7-12,15H,4-6H2,1-3H3/t15-/m1/s1. The van der Waals surface area contributed by atoms with Crippen LogP contribution >= 0.6 is 11.8 Å². The highest BCUT2D eigenvalue weighted by atomic mass is 32.2. The Hall–Kier alpha value is -2.61. The monoisotopic (exact) mass is 386 g/mol. The van der Waals surface area contributed by atoms with Gasteiger partial charge in [0, 0.05) is 5.56 Å². The Bertz CT molecular complexity index is 911. The number of aromatic nitrogens is 4. The van der Waals surface area contributed by atoms with E-state index in [9.17, 15) is 4.79 Å². The van der Waals surface area contributed by atoms with E-state index in [4.69, 9.17) is 9.47 Å². The number of benzene rings is 1. The second-order valence-electron chi connectivity index (χ2n) is 5.69. The van der Waals surface area contributed by atoms with Gasteiger partial charge in [0.05, 0.1) is 13.2 Å². The molecule has 3 rings (SSSR count). The van der Waals surface area contributed by atoms with E-state index in [1.807, 2.05) is 50.2 Å². The van der Waals surface area contributed by atoms with E-state index in [2.05, 4.69) is 15.3 Å². The van der Waals surface area contributed by atoms with Crippen molar-refractivity contribution in [3.8, 4) is 17.1 Å². The fourth-order valence-corrected chi connectivity index (χ4v) is 3.46. The summed E-state index contributed by atoms with van der Waals surface area (Å²) in [7, 11) is 0. The Morgan fingerprint density at radius 2 is 1.85 bits per heavy atom. The topological polar surface area (TPSA) is 78.6 Å². The number of rotatable bonds is 8. The zero-order chi connectivity index (χ0) is 19.2. The minimum atomic E-state index is -0.291. The minimum Gasteiger partial charge on any atom is -0.494 e. The van der Waals surface area contributed by atoms with Crippen molar-refractivity contribution in [2.24, 2.45) is 0 Å². The number of fused-ring (bicyclic) bond motifs is 1. The summed E-state index contributed by atoms with van der Waals surface area (Å²) in [4.78, 5) is 12.1. The quantitative estimate of drug-likeness (QED) is 0.432. The number of hydrogen-bond donors (Lipinski definition) is 0. The van der Waals surface area contributed by atoms with Gasteiger partial charge in [0.2, 0.25) is 0 Å². The van der Waals surface area contributed by atoms with Crippen LogP contribution in [0.3, 0.4) is 0 Å². The lowest BCUT2D eigenvalue weighted by atomic mass is 10.2. The fourth-order valence-electron chi connectivity index (χ4n) is 2.56. The van der Waals surface area contributed by atoms with Gasteiger partial charge in [-0.05, 0) is 56.7 Å². The first-order chi connectivity index (χ1) is 13.2. The van der Waals surface area contributed by atoms with E-state index in [0.29, 0.717) is 31.1 Å². The molecule has 0 saturated heterocycles. The third-order valence-corrected chi connectivity index (χ3v) is 5.11. The summed E-state index contributed by atoms with van der Waals surface area (Å²) >= 11 is 1.39. The lowest BCUT2D eigenvalue weighted by Crippen LogP contribution is -2.19. The molecule has 3 aromatic rings. The number of nitrogens with zero attached hydrogens (tertiary/aromatic N) is 4. The van der Waals surface area contributed by atoms with Crippen LogP contribution in [-0.2, 0) is 9.53 Å². The SMILES string of the molecule is CCOC(=O)[C@@H](CC)Sc1ccc2nnc(-c3ccc(OCC)cc3)n2n1. The van der Waals surface area contributed by atoms with E-state index in [0.717, 1.165) is 16.3 Å². The van der Waals surface area contributed by atoms with Crippen molar-refractivity contribution in [1.29, 1.82) is 0 Å². The highest BCUT2D eigenvalue weighted by molar-refractivity contribution is 8.00. The summed E-state index contributed by atoms with van der Waals surface area (Å²) in [6.07, 6.45) is 0.664. The molecular weight excluding hydrogens is 364 g/mol. The fraction of sp³-hybridized carbons (Fsp3) is 0.368. The third kappa shape index (κ3) is 4.39. The normalized spacial score (nSPS) is 12.1. The first-order valence-electron chi connectivity index (χ1n) is 8.95. The Morgan fingerprint density at radius 3 is 2.52 bits per heavy atom.